The molecule has 0 aromatic carbocycles. The molecule has 3 rings (SSSR count). The lowest BCUT2D eigenvalue weighted by atomic mass is 10.1. The van der Waals surface area contributed by atoms with E-state index in [0.717, 1.165) is 30.6 Å². The Bertz CT molecular complexity index is 633. The number of carbonyl (C=O) groups is 1. The van der Waals surface area contributed by atoms with E-state index < -0.39 is 10.0 Å². The Morgan fingerprint density at radius 2 is 1.91 bits per heavy atom. The molecular formula is C15H22N2O3S2. The summed E-state index contributed by atoms with van der Waals surface area (Å²) in [5.74, 6) is 1.02. The first kappa shape index (κ1) is 16.0. The molecule has 2 fully saturated rings. The summed E-state index contributed by atoms with van der Waals surface area (Å²) in [7, 11) is -3.41. The van der Waals surface area contributed by atoms with Gasteiger partial charge in [-0.3, -0.25) is 4.79 Å². The summed E-state index contributed by atoms with van der Waals surface area (Å²) in [6.45, 7) is 2.01. The van der Waals surface area contributed by atoms with Crippen LogP contribution < -0.4 is 10.0 Å². The molecule has 2 aliphatic rings. The minimum atomic E-state index is -3.41. The van der Waals surface area contributed by atoms with Gasteiger partial charge < -0.3 is 5.32 Å². The van der Waals surface area contributed by atoms with Crippen molar-refractivity contribution in [3.8, 4) is 0 Å². The number of hydrogen-bond donors (Lipinski definition) is 2. The molecule has 5 nitrogen and oxygen atoms in total. The summed E-state index contributed by atoms with van der Waals surface area (Å²) >= 11 is 1.30. The van der Waals surface area contributed by atoms with Crippen LogP contribution in [0.4, 0.5) is 0 Å². The molecule has 22 heavy (non-hydrogen) atoms. The van der Waals surface area contributed by atoms with E-state index in [9.17, 15) is 13.2 Å². The standard InChI is InChI=1S/C15H22N2O3S2/c1-10(18)16-9-8-13-6-7-14(21-13)22(19,20)17-15(11-2-3-11)12-4-5-12/h6-7,11-12,15,17H,2-5,8-9H2,1H3,(H,16,18). The lowest BCUT2D eigenvalue weighted by Crippen LogP contribution is -2.37. The molecule has 1 aromatic rings. The van der Waals surface area contributed by atoms with Crippen LogP contribution in [0.1, 0.15) is 37.5 Å². The van der Waals surface area contributed by atoms with E-state index in [1.807, 2.05) is 6.07 Å². The van der Waals surface area contributed by atoms with Gasteiger partial charge in [0.15, 0.2) is 0 Å². The minimum absolute atomic E-state index is 0.0669. The second-order valence-corrected chi connectivity index (χ2v) is 9.38. The van der Waals surface area contributed by atoms with E-state index in [1.54, 1.807) is 6.07 Å². The monoisotopic (exact) mass is 342 g/mol. The second kappa shape index (κ2) is 6.29. The Morgan fingerprint density at radius 3 is 2.45 bits per heavy atom. The molecule has 122 valence electrons. The van der Waals surface area contributed by atoms with Crippen LogP contribution in [0.3, 0.4) is 0 Å². The van der Waals surface area contributed by atoms with E-state index in [0.29, 0.717) is 29.0 Å². The number of thiophene rings is 1. The Labute approximate surface area is 135 Å². The molecule has 7 heteroatoms. The fraction of sp³-hybridized carbons (Fsp3) is 0.667. The van der Waals surface area contributed by atoms with Crippen LogP contribution in [0.2, 0.25) is 0 Å². The van der Waals surface area contributed by atoms with E-state index >= 15 is 0 Å². The molecule has 2 N–H and O–H groups in total. The predicted octanol–water partition coefficient (Wildman–Crippen LogP) is 1.89. The topological polar surface area (TPSA) is 75.3 Å². The third-order valence-electron chi connectivity index (χ3n) is 4.20. The summed E-state index contributed by atoms with van der Waals surface area (Å²) < 4.78 is 28.4. The smallest absolute Gasteiger partial charge is 0.250 e. The maximum atomic E-state index is 12.5. The minimum Gasteiger partial charge on any atom is -0.356 e. The largest absolute Gasteiger partial charge is 0.356 e. The number of rotatable bonds is 8. The second-order valence-electron chi connectivity index (χ2n) is 6.28. The van der Waals surface area contributed by atoms with Gasteiger partial charge in [0, 0.05) is 24.4 Å². The molecule has 0 aliphatic heterocycles. The maximum absolute atomic E-state index is 12.5. The van der Waals surface area contributed by atoms with Gasteiger partial charge in [-0.2, -0.15) is 0 Å². The molecule has 1 amide bonds. The summed E-state index contributed by atoms with van der Waals surface area (Å²) in [5, 5.41) is 2.72. The van der Waals surface area contributed by atoms with Gasteiger partial charge in [-0.05, 0) is 56.1 Å². The van der Waals surface area contributed by atoms with Crippen molar-refractivity contribution in [3.63, 3.8) is 0 Å². The highest BCUT2D eigenvalue weighted by molar-refractivity contribution is 7.91. The van der Waals surface area contributed by atoms with Crippen molar-refractivity contribution in [2.24, 2.45) is 11.8 Å². The van der Waals surface area contributed by atoms with Crippen LogP contribution in [0, 0.1) is 11.8 Å². The molecule has 0 spiro atoms. The van der Waals surface area contributed by atoms with Crippen LogP contribution >= 0.6 is 11.3 Å². The summed E-state index contributed by atoms with van der Waals surface area (Å²) in [4.78, 5) is 11.8. The molecule has 2 aliphatic carbocycles. The lowest BCUT2D eigenvalue weighted by molar-refractivity contribution is -0.118. The van der Waals surface area contributed by atoms with Crippen molar-refractivity contribution in [1.29, 1.82) is 0 Å². The highest BCUT2D eigenvalue weighted by atomic mass is 32.2. The molecule has 0 saturated heterocycles. The zero-order valence-electron chi connectivity index (χ0n) is 12.7. The Hall–Kier alpha value is -0.920. The van der Waals surface area contributed by atoms with E-state index in [4.69, 9.17) is 0 Å². The summed E-state index contributed by atoms with van der Waals surface area (Å²) in [6.07, 6.45) is 5.26. The normalized spacial score (nSPS) is 18.6. The average molecular weight is 342 g/mol. The van der Waals surface area contributed by atoms with Gasteiger partial charge in [-0.15, -0.1) is 11.3 Å². The molecule has 0 unspecified atom stereocenters. The van der Waals surface area contributed by atoms with Crippen molar-refractivity contribution in [2.75, 3.05) is 6.54 Å². The SMILES string of the molecule is CC(=O)NCCc1ccc(S(=O)(=O)NC(C2CC2)C2CC2)s1. The van der Waals surface area contributed by atoms with Crippen molar-refractivity contribution in [3.05, 3.63) is 17.0 Å². The van der Waals surface area contributed by atoms with Crippen molar-refractivity contribution >= 4 is 27.3 Å². The Morgan fingerprint density at radius 1 is 1.27 bits per heavy atom. The molecule has 0 bridgehead atoms. The fourth-order valence-electron chi connectivity index (χ4n) is 2.72. The fourth-order valence-corrected chi connectivity index (χ4v) is 5.47. The van der Waals surface area contributed by atoms with Crippen molar-refractivity contribution in [2.45, 2.75) is 49.3 Å². The molecule has 0 atom stereocenters. The number of sulfonamides is 1. The van der Waals surface area contributed by atoms with Gasteiger partial charge in [0.05, 0.1) is 0 Å². The molecule has 2 saturated carbocycles. The van der Waals surface area contributed by atoms with Crippen LogP contribution in [-0.2, 0) is 21.2 Å². The van der Waals surface area contributed by atoms with Crippen LogP contribution in [0.25, 0.3) is 0 Å². The quantitative estimate of drug-likeness (QED) is 0.757. The zero-order chi connectivity index (χ0) is 15.7. The van der Waals surface area contributed by atoms with Crippen molar-refractivity contribution < 1.29 is 13.2 Å². The van der Waals surface area contributed by atoms with Crippen LogP contribution in [-0.4, -0.2) is 26.9 Å². The highest BCUT2D eigenvalue weighted by Crippen LogP contribution is 2.45. The third-order valence-corrected chi connectivity index (χ3v) is 7.29. The number of hydrogen-bond acceptors (Lipinski definition) is 4. The first-order valence-electron chi connectivity index (χ1n) is 7.81. The van der Waals surface area contributed by atoms with E-state index in [-0.39, 0.29) is 11.9 Å². The number of amides is 1. The van der Waals surface area contributed by atoms with Gasteiger partial charge in [0.25, 0.3) is 0 Å². The van der Waals surface area contributed by atoms with Gasteiger partial charge in [0.1, 0.15) is 4.21 Å². The van der Waals surface area contributed by atoms with Crippen molar-refractivity contribution in [1.82, 2.24) is 10.0 Å². The highest BCUT2D eigenvalue weighted by Gasteiger charge is 2.43. The molecule has 0 radical (unpaired) electrons. The molecule has 1 heterocycles. The maximum Gasteiger partial charge on any atom is 0.250 e. The zero-order valence-corrected chi connectivity index (χ0v) is 14.3. The first-order valence-corrected chi connectivity index (χ1v) is 10.1. The van der Waals surface area contributed by atoms with Gasteiger partial charge in [-0.1, -0.05) is 0 Å². The van der Waals surface area contributed by atoms with Crippen LogP contribution in [0.5, 0.6) is 0 Å². The molecular weight excluding hydrogens is 320 g/mol. The first-order chi connectivity index (χ1) is 10.5. The Kier molecular flexibility index (Phi) is 4.56. The third kappa shape index (κ3) is 4.08. The average Bonchev–Trinajstić information content (AvgIpc) is 3.35. The predicted molar refractivity (Wildman–Crippen MR) is 86.3 cm³/mol. The van der Waals surface area contributed by atoms with Gasteiger partial charge in [-0.25, -0.2) is 13.1 Å². The molecule has 1 aromatic heterocycles. The van der Waals surface area contributed by atoms with Gasteiger partial charge in [0.2, 0.25) is 15.9 Å². The van der Waals surface area contributed by atoms with Gasteiger partial charge >= 0.3 is 0 Å². The lowest BCUT2D eigenvalue weighted by Gasteiger charge is -2.16. The Balaban J connectivity index is 1.61. The van der Waals surface area contributed by atoms with E-state index in [1.165, 1.54) is 18.3 Å². The van der Waals surface area contributed by atoms with Crippen LogP contribution in [0.15, 0.2) is 16.3 Å². The number of nitrogens with one attached hydrogen (secondary N) is 2. The summed E-state index contributed by atoms with van der Waals surface area (Å²) in [6, 6.07) is 3.65. The number of carbonyl (C=O) groups excluding carboxylic acids is 1. The summed E-state index contributed by atoms with van der Waals surface area (Å²) in [5.41, 5.74) is 0. The van der Waals surface area contributed by atoms with E-state index in [2.05, 4.69) is 10.0 Å².